The zero-order chi connectivity index (χ0) is 17.5. The molecule has 0 saturated heterocycles. The zero-order valence-electron chi connectivity index (χ0n) is 15.1. The standard InChI is InChI=1S/C14H14N2OS.C5H10O.2H2O.H2/c1-9-3-8-12(16-14(9)17)13(15)10-4-6-11(18-2)7-5-10;6-5-3-1-2-4-5;;;/h3-8,15H,1-2H3,(H,16,17);5-6H,1-4H2;2*1H2;1H. The number of rotatable bonds is 3. The van der Waals surface area contributed by atoms with Crippen LogP contribution in [0.4, 0.5) is 0 Å². The van der Waals surface area contributed by atoms with Crippen LogP contribution in [-0.2, 0) is 0 Å². The fourth-order valence-electron chi connectivity index (χ4n) is 2.51. The van der Waals surface area contributed by atoms with E-state index in [1.165, 1.54) is 12.8 Å². The van der Waals surface area contributed by atoms with Gasteiger partial charge in [0.15, 0.2) is 0 Å². The lowest BCUT2D eigenvalue weighted by atomic mass is 10.1. The normalized spacial score (nSPS) is 13.0. The van der Waals surface area contributed by atoms with Crippen LogP contribution >= 0.6 is 11.8 Å². The lowest BCUT2D eigenvalue weighted by Crippen LogP contribution is -2.15. The van der Waals surface area contributed by atoms with Crippen molar-refractivity contribution in [2.24, 2.45) is 0 Å². The average molecular weight is 383 g/mol. The van der Waals surface area contributed by atoms with Gasteiger partial charge in [-0.15, -0.1) is 11.8 Å². The molecule has 1 aliphatic rings. The van der Waals surface area contributed by atoms with Crippen molar-refractivity contribution < 1.29 is 17.5 Å². The summed E-state index contributed by atoms with van der Waals surface area (Å²) in [4.78, 5) is 15.4. The highest BCUT2D eigenvalue weighted by Crippen LogP contribution is 2.17. The van der Waals surface area contributed by atoms with E-state index in [1.54, 1.807) is 30.8 Å². The Morgan fingerprint density at radius 2 is 1.73 bits per heavy atom. The van der Waals surface area contributed by atoms with E-state index in [4.69, 9.17) is 10.5 Å². The maximum atomic E-state index is 11.5. The summed E-state index contributed by atoms with van der Waals surface area (Å²) in [6.07, 6.45) is 6.62. The van der Waals surface area contributed by atoms with Crippen LogP contribution in [-0.4, -0.2) is 39.1 Å². The Morgan fingerprint density at radius 1 is 1.15 bits per heavy atom. The van der Waals surface area contributed by atoms with Gasteiger partial charge in [-0.2, -0.15) is 0 Å². The van der Waals surface area contributed by atoms with Gasteiger partial charge in [0.1, 0.15) is 0 Å². The van der Waals surface area contributed by atoms with Gasteiger partial charge in [-0.25, -0.2) is 0 Å². The van der Waals surface area contributed by atoms with Crippen LogP contribution in [0.2, 0.25) is 0 Å². The van der Waals surface area contributed by atoms with Crippen LogP contribution in [0.1, 0.15) is 43.9 Å². The molecule has 0 unspecified atom stereocenters. The number of H-pyrrole nitrogens is 1. The molecule has 2 aromatic rings. The summed E-state index contributed by atoms with van der Waals surface area (Å²) < 4.78 is 0. The summed E-state index contributed by atoms with van der Waals surface area (Å²) in [5, 5.41) is 16.8. The number of nitrogens with one attached hydrogen (secondary N) is 2. The van der Waals surface area contributed by atoms with Gasteiger partial charge in [-0.3, -0.25) is 10.2 Å². The number of pyridine rings is 1. The molecule has 1 aliphatic carbocycles. The van der Waals surface area contributed by atoms with Crippen molar-refractivity contribution in [3.05, 3.63) is 63.6 Å². The highest BCUT2D eigenvalue weighted by molar-refractivity contribution is 7.98. The number of aromatic nitrogens is 1. The number of aromatic amines is 1. The van der Waals surface area contributed by atoms with Gasteiger partial charge in [0.25, 0.3) is 5.56 Å². The Labute approximate surface area is 159 Å². The molecule has 1 aromatic carbocycles. The van der Waals surface area contributed by atoms with E-state index in [0.717, 1.165) is 23.3 Å². The molecule has 1 heterocycles. The Kier molecular flexibility index (Phi) is 10.8. The number of hydrogen-bond donors (Lipinski definition) is 3. The third kappa shape index (κ3) is 6.76. The SMILES string of the molecule is CSc1ccc(C(=N)c2ccc(C)c(=O)[nH]2)cc1.O.O.OC1CCCC1.[HH]. The van der Waals surface area contributed by atoms with E-state index in [1.807, 2.05) is 30.5 Å². The zero-order valence-corrected chi connectivity index (χ0v) is 16.0. The second-order valence-corrected chi connectivity index (χ2v) is 6.81. The van der Waals surface area contributed by atoms with Crippen molar-refractivity contribution >= 4 is 17.5 Å². The number of benzene rings is 1. The van der Waals surface area contributed by atoms with E-state index < -0.39 is 0 Å². The third-order valence-electron chi connectivity index (χ3n) is 4.08. The summed E-state index contributed by atoms with van der Waals surface area (Å²) >= 11 is 1.66. The lowest BCUT2D eigenvalue weighted by Gasteiger charge is -2.05. The number of aliphatic hydroxyl groups is 1. The lowest BCUT2D eigenvalue weighted by molar-refractivity contribution is 0.183. The molecule has 146 valence electrons. The summed E-state index contributed by atoms with van der Waals surface area (Å²) in [7, 11) is 0. The number of aliphatic hydroxyl groups excluding tert-OH is 1. The summed E-state index contributed by atoms with van der Waals surface area (Å²) in [5.74, 6) is 0. The van der Waals surface area contributed by atoms with E-state index >= 15 is 0 Å². The fourth-order valence-corrected chi connectivity index (χ4v) is 2.92. The van der Waals surface area contributed by atoms with Gasteiger partial charge >= 0.3 is 0 Å². The van der Waals surface area contributed by atoms with Crippen LogP contribution in [0.25, 0.3) is 0 Å². The van der Waals surface area contributed by atoms with Crippen molar-refractivity contribution in [2.75, 3.05) is 6.26 Å². The van der Waals surface area contributed by atoms with Gasteiger partial charge in [0, 0.05) is 17.4 Å². The minimum atomic E-state index is -0.141. The minimum absolute atomic E-state index is 0. The Morgan fingerprint density at radius 3 is 2.15 bits per heavy atom. The quantitative estimate of drug-likeness (QED) is 0.554. The third-order valence-corrected chi connectivity index (χ3v) is 4.82. The topological polar surface area (TPSA) is 140 Å². The number of hydrogen-bond acceptors (Lipinski definition) is 4. The van der Waals surface area contributed by atoms with Crippen LogP contribution in [0.15, 0.2) is 46.1 Å². The molecule has 7 N–H and O–H groups in total. The van der Waals surface area contributed by atoms with E-state index in [0.29, 0.717) is 17.0 Å². The van der Waals surface area contributed by atoms with Gasteiger partial charge in [0.05, 0.1) is 17.5 Å². The van der Waals surface area contributed by atoms with Crippen LogP contribution in [0.3, 0.4) is 0 Å². The molecule has 0 aliphatic heterocycles. The highest BCUT2D eigenvalue weighted by atomic mass is 32.2. The molecule has 0 radical (unpaired) electrons. The predicted molar refractivity (Wildman–Crippen MR) is 110 cm³/mol. The molecule has 0 spiro atoms. The smallest absolute Gasteiger partial charge is 0.251 e. The molecule has 3 rings (SSSR count). The first-order valence-electron chi connectivity index (χ1n) is 8.12. The maximum Gasteiger partial charge on any atom is 0.251 e. The van der Waals surface area contributed by atoms with Gasteiger partial charge in [-0.1, -0.05) is 31.0 Å². The molecule has 0 amide bonds. The monoisotopic (exact) mass is 382 g/mol. The summed E-state index contributed by atoms with van der Waals surface area (Å²) in [6, 6.07) is 11.2. The van der Waals surface area contributed by atoms with Crippen LogP contribution < -0.4 is 5.56 Å². The molecule has 0 bridgehead atoms. The van der Waals surface area contributed by atoms with Gasteiger partial charge < -0.3 is 21.0 Å². The summed E-state index contributed by atoms with van der Waals surface area (Å²) in [6.45, 7) is 1.75. The minimum Gasteiger partial charge on any atom is -0.412 e. The second-order valence-electron chi connectivity index (χ2n) is 5.93. The highest BCUT2D eigenvalue weighted by Gasteiger charge is 2.09. The first kappa shape index (κ1) is 24.1. The Balaban J connectivity index is 0. The van der Waals surface area contributed by atoms with Crippen LogP contribution in [0, 0.1) is 12.3 Å². The molecule has 1 aromatic heterocycles. The maximum absolute atomic E-state index is 11.5. The molecule has 0 atom stereocenters. The fraction of sp³-hybridized carbons (Fsp3) is 0.368. The van der Waals surface area contributed by atoms with E-state index in [2.05, 4.69) is 4.98 Å². The second kappa shape index (κ2) is 11.6. The van der Waals surface area contributed by atoms with Crippen molar-refractivity contribution in [3.8, 4) is 0 Å². The molecular formula is C19H30N2O4S. The molecule has 6 nitrogen and oxygen atoms in total. The van der Waals surface area contributed by atoms with Gasteiger partial charge in [-0.05, 0) is 44.2 Å². The van der Waals surface area contributed by atoms with Crippen molar-refractivity contribution in [1.82, 2.24) is 4.98 Å². The molecular weight excluding hydrogens is 352 g/mol. The predicted octanol–water partition coefficient (Wildman–Crippen LogP) is 2.34. The number of aryl methyl sites for hydroxylation is 1. The van der Waals surface area contributed by atoms with Crippen molar-refractivity contribution in [3.63, 3.8) is 0 Å². The Bertz CT molecular complexity index is 744. The first-order chi connectivity index (χ1) is 11.5. The Hall–Kier alpha value is -1.93. The first-order valence-corrected chi connectivity index (χ1v) is 9.35. The van der Waals surface area contributed by atoms with E-state index in [-0.39, 0.29) is 24.0 Å². The molecule has 26 heavy (non-hydrogen) atoms. The summed E-state index contributed by atoms with van der Waals surface area (Å²) in [5.41, 5.74) is 2.19. The molecule has 1 saturated carbocycles. The van der Waals surface area contributed by atoms with Gasteiger partial charge in [0.2, 0.25) is 0 Å². The molecule has 7 heteroatoms. The molecule has 1 fully saturated rings. The van der Waals surface area contributed by atoms with Crippen molar-refractivity contribution in [2.45, 2.75) is 43.6 Å². The van der Waals surface area contributed by atoms with Crippen molar-refractivity contribution in [1.29, 1.82) is 5.41 Å². The van der Waals surface area contributed by atoms with Crippen LogP contribution in [0.5, 0.6) is 0 Å². The number of thioether (sulfide) groups is 1. The average Bonchev–Trinajstić information content (AvgIpc) is 3.08. The van der Waals surface area contributed by atoms with E-state index in [9.17, 15) is 4.79 Å². The largest absolute Gasteiger partial charge is 0.412 e.